The molecule has 0 aliphatic rings. The molecule has 0 heterocycles. The predicted octanol–water partition coefficient (Wildman–Crippen LogP) is 2.93. The molecule has 0 N–H and O–H groups in total. The van der Waals surface area contributed by atoms with Crippen molar-refractivity contribution in [1.82, 2.24) is 0 Å². The average molecular weight is 171 g/mol. The molecule has 0 aromatic rings. The lowest BCUT2D eigenvalue weighted by molar-refractivity contribution is -0.138. The van der Waals surface area contributed by atoms with Crippen LogP contribution in [0.3, 0.4) is 0 Å². The van der Waals surface area contributed by atoms with E-state index in [4.69, 9.17) is 0 Å². The van der Waals surface area contributed by atoms with Gasteiger partial charge in [0.25, 0.3) is 0 Å². The summed E-state index contributed by atoms with van der Waals surface area (Å²) in [4.78, 5) is 10.6. The predicted molar refractivity (Wildman–Crippen MR) is 49.4 cm³/mol. The van der Waals surface area contributed by atoms with Gasteiger partial charge in [-0.15, -0.1) is 0 Å². The van der Waals surface area contributed by atoms with Gasteiger partial charge in [-0.25, -0.2) is 0 Å². The summed E-state index contributed by atoms with van der Waals surface area (Å²) in [5.41, 5.74) is 0. The minimum absolute atomic E-state index is 0.195. The smallest absolute Gasteiger partial charge is 0.305 e. The Labute approximate surface area is 75.3 Å². The molecule has 2 nitrogen and oxygen atoms in total. The van der Waals surface area contributed by atoms with E-state index in [9.17, 15) is 4.79 Å². The van der Waals surface area contributed by atoms with Crippen LogP contribution in [0.25, 0.3) is 0 Å². The zero-order valence-electron chi connectivity index (χ0n) is 8.14. The number of carbonyl (C=O) groups excluding carboxylic acids is 1. The Morgan fingerprint density at radius 2 is 2.00 bits per heavy atom. The van der Waals surface area contributed by atoms with Gasteiger partial charge in [-0.2, -0.15) is 0 Å². The number of rotatable bonds is 6. The lowest BCUT2D eigenvalue weighted by Gasteiger charge is -2.03. The third kappa shape index (κ3) is 7.58. The highest BCUT2D eigenvalue weighted by Crippen LogP contribution is 2.09. The first-order chi connectivity index (χ1) is 5.66. The topological polar surface area (TPSA) is 26.3 Å². The molecular formula is C10H19O2. The molecule has 0 amide bonds. The van der Waals surface area contributed by atoms with Gasteiger partial charge in [0.15, 0.2) is 0 Å². The van der Waals surface area contributed by atoms with Crippen molar-refractivity contribution >= 4 is 5.97 Å². The van der Waals surface area contributed by atoms with Crippen LogP contribution in [0.4, 0.5) is 0 Å². The molecule has 1 radical (unpaired) electrons. The molecule has 0 rings (SSSR count). The molecule has 0 aliphatic carbocycles. The molecule has 0 spiro atoms. The summed E-state index contributed by atoms with van der Waals surface area (Å²) >= 11 is 0. The van der Waals surface area contributed by atoms with Crippen molar-refractivity contribution in [3.63, 3.8) is 0 Å². The average Bonchev–Trinajstić information content (AvgIpc) is 2.03. The Balaban J connectivity index is 3.05. The Morgan fingerprint density at radius 1 is 1.33 bits per heavy atom. The summed E-state index contributed by atoms with van der Waals surface area (Å²) in [5, 5.41) is 0. The second-order valence-corrected chi connectivity index (χ2v) is 3.51. The Hall–Kier alpha value is -0.530. The normalized spacial score (nSPS) is 10.3. The summed E-state index contributed by atoms with van der Waals surface area (Å²) in [5.74, 6) is 0.573. The lowest BCUT2D eigenvalue weighted by atomic mass is 10.0. The Kier molecular flexibility index (Phi) is 6.82. The zero-order valence-corrected chi connectivity index (χ0v) is 8.14. The highest BCUT2D eigenvalue weighted by Gasteiger charge is 1.99. The van der Waals surface area contributed by atoms with Crippen molar-refractivity contribution < 1.29 is 9.53 Å². The van der Waals surface area contributed by atoms with Crippen LogP contribution in [-0.4, -0.2) is 5.97 Å². The van der Waals surface area contributed by atoms with Crippen molar-refractivity contribution in [3.05, 3.63) is 7.11 Å². The minimum Gasteiger partial charge on any atom is -0.462 e. The largest absolute Gasteiger partial charge is 0.462 e. The van der Waals surface area contributed by atoms with E-state index in [-0.39, 0.29) is 5.97 Å². The van der Waals surface area contributed by atoms with Crippen molar-refractivity contribution in [2.75, 3.05) is 0 Å². The van der Waals surface area contributed by atoms with Gasteiger partial charge in [0.05, 0.1) is 0 Å². The van der Waals surface area contributed by atoms with E-state index in [0.717, 1.165) is 18.8 Å². The fraction of sp³-hybridized carbons (Fsp3) is 0.800. The molecule has 0 saturated heterocycles. The molecule has 0 aromatic carbocycles. The van der Waals surface area contributed by atoms with Gasteiger partial charge in [-0.3, -0.25) is 4.79 Å². The van der Waals surface area contributed by atoms with E-state index >= 15 is 0 Å². The van der Waals surface area contributed by atoms with Crippen LogP contribution in [-0.2, 0) is 9.53 Å². The van der Waals surface area contributed by atoms with Crippen molar-refractivity contribution in [3.8, 4) is 0 Å². The number of hydrogen-bond acceptors (Lipinski definition) is 2. The first kappa shape index (κ1) is 11.5. The third-order valence-corrected chi connectivity index (χ3v) is 1.82. The number of hydrogen-bond donors (Lipinski definition) is 0. The highest BCUT2D eigenvalue weighted by atomic mass is 16.5. The molecule has 0 aromatic heterocycles. The first-order valence-electron chi connectivity index (χ1n) is 4.61. The molecule has 0 bridgehead atoms. The molecule has 0 atom stereocenters. The van der Waals surface area contributed by atoms with Gasteiger partial charge in [-0.1, -0.05) is 33.1 Å². The van der Waals surface area contributed by atoms with Gasteiger partial charge in [0.1, 0.15) is 7.11 Å². The lowest BCUT2D eigenvalue weighted by Crippen LogP contribution is -1.98. The summed E-state index contributed by atoms with van der Waals surface area (Å²) in [6.45, 7) is 4.43. The highest BCUT2D eigenvalue weighted by molar-refractivity contribution is 5.69. The van der Waals surface area contributed by atoms with Crippen LogP contribution in [0.5, 0.6) is 0 Å². The summed E-state index contributed by atoms with van der Waals surface area (Å²) in [6, 6.07) is 0. The fourth-order valence-corrected chi connectivity index (χ4v) is 1.07. The van der Waals surface area contributed by atoms with Gasteiger partial charge in [-0.05, 0) is 12.3 Å². The number of carbonyl (C=O) groups is 1. The Bertz CT molecular complexity index is 119. The van der Waals surface area contributed by atoms with Gasteiger partial charge >= 0.3 is 5.97 Å². The minimum atomic E-state index is -0.195. The van der Waals surface area contributed by atoms with Gasteiger partial charge < -0.3 is 4.74 Å². The van der Waals surface area contributed by atoms with Crippen LogP contribution < -0.4 is 0 Å². The first-order valence-corrected chi connectivity index (χ1v) is 4.61. The number of unbranched alkanes of at least 4 members (excludes halogenated alkanes) is 2. The SMILES string of the molecule is [CH2]OC(=O)CCCCCC(C)C. The standard InChI is InChI=1S/C10H19O2/c1-9(2)7-5-4-6-8-10(11)12-3/h9H,3-8H2,1-2H3. The maximum absolute atomic E-state index is 10.6. The maximum atomic E-state index is 10.6. The van der Waals surface area contributed by atoms with Crippen LogP contribution in [0.1, 0.15) is 46.0 Å². The van der Waals surface area contributed by atoms with Crippen LogP contribution >= 0.6 is 0 Å². The van der Waals surface area contributed by atoms with Crippen LogP contribution in [0.15, 0.2) is 0 Å². The molecule has 71 valence electrons. The van der Waals surface area contributed by atoms with E-state index in [1.807, 2.05) is 0 Å². The molecular weight excluding hydrogens is 152 g/mol. The van der Waals surface area contributed by atoms with Crippen molar-refractivity contribution in [2.45, 2.75) is 46.0 Å². The second-order valence-electron chi connectivity index (χ2n) is 3.51. The van der Waals surface area contributed by atoms with E-state index in [2.05, 4.69) is 25.7 Å². The molecule has 0 aliphatic heterocycles. The number of esters is 1. The molecule has 0 fully saturated rings. The summed E-state index contributed by atoms with van der Waals surface area (Å²) in [6.07, 6.45) is 5.03. The van der Waals surface area contributed by atoms with Gasteiger partial charge in [0, 0.05) is 6.42 Å². The summed E-state index contributed by atoms with van der Waals surface area (Å²) < 4.78 is 4.29. The quantitative estimate of drug-likeness (QED) is 0.453. The van der Waals surface area contributed by atoms with E-state index in [0.29, 0.717) is 6.42 Å². The van der Waals surface area contributed by atoms with Gasteiger partial charge in [0.2, 0.25) is 0 Å². The van der Waals surface area contributed by atoms with Crippen molar-refractivity contribution in [1.29, 1.82) is 0 Å². The van der Waals surface area contributed by atoms with Crippen LogP contribution in [0, 0.1) is 13.0 Å². The number of ether oxygens (including phenoxy) is 1. The maximum Gasteiger partial charge on any atom is 0.305 e. The molecule has 0 unspecified atom stereocenters. The second kappa shape index (κ2) is 7.14. The fourth-order valence-electron chi connectivity index (χ4n) is 1.07. The molecule has 0 saturated carbocycles. The molecule has 12 heavy (non-hydrogen) atoms. The van der Waals surface area contributed by atoms with E-state index in [1.54, 1.807) is 0 Å². The zero-order chi connectivity index (χ0) is 9.40. The monoisotopic (exact) mass is 171 g/mol. The van der Waals surface area contributed by atoms with Crippen molar-refractivity contribution in [2.24, 2.45) is 5.92 Å². The Morgan fingerprint density at radius 3 is 2.50 bits per heavy atom. The van der Waals surface area contributed by atoms with E-state index < -0.39 is 0 Å². The van der Waals surface area contributed by atoms with Crippen LogP contribution in [0.2, 0.25) is 0 Å². The summed E-state index contributed by atoms with van der Waals surface area (Å²) in [7, 11) is 3.06. The molecule has 2 heteroatoms. The van der Waals surface area contributed by atoms with E-state index in [1.165, 1.54) is 12.8 Å². The third-order valence-electron chi connectivity index (χ3n) is 1.82.